The largest absolute Gasteiger partial charge is 0.461 e. The van der Waals surface area contributed by atoms with E-state index in [1.165, 1.54) is 4.90 Å². The van der Waals surface area contributed by atoms with Gasteiger partial charge in [-0.05, 0) is 31.4 Å². The van der Waals surface area contributed by atoms with E-state index in [-0.39, 0.29) is 25.0 Å². The van der Waals surface area contributed by atoms with Crippen LogP contribution in [0.1, 0.15) is 32.3 Å². The number of hydrogen-bond acceptors (Lipinski definition) is 6. The maximum Gasteiger partial charge on any atom is 0.313 e. The van der Waals surface area contributed by atoms with Crippen LogP contribution in [-0.2, 0) is 30.3 Å². The van der Waals surface area contributed by atoms with Crippen molar-refractivity contribution in [1.82, 2.24) is 9.80 Å². The molecule has 2 saturated heterocycles. The van der Waals surface area contributed by atoms with Crippen molar-refractivity contribution in [1.29, 1.82) is 0 Å². The van der Waals surface area contributed by atoms with Crippen LogP contribution in [0, 0.1) is 11.8 Å². The quantitative estimate of drug-likeness (QED) is 0.459. The van der Waals surface area contributed by atoms with E-state index in [2.05, 4.69) is 6.92 Å². The van der Waals surface area contributed by atoms with Crippen LogP contribution < -0.4 is 0 Å². The van der Waals surface area contributed by atoms with Crippen molar-refractivity contribution in [2.75, 3.05) is 26.3 Å². The second-order valence-corrected chi connectivity index (χ2v) is 10.3. The Morgan fingerprint density at radius 2 is 1.86 bits per heavy atom. The number of aliphatic hydroxyl groups is 1. The monoisotopic (exact) mass is 494 g/mol. The highest BCUT2D eigenvalue weighted by Gasteiger charge is 2.75. The van der Waals surface area contributed by atoms with Gasteiger partial charge in [-0.25, -0.2) is 0 Å². The number of ether oxygens (including phenoxy) is 2. The van der Waals surface area contributed by atoms with E-state index in [0.717, 1.165) is 18.4 Å². The Labute approximate surface area is 211 Å². The number of aliphatic hydroxyl groups excluding tert-OH is 1. The Balaban J connectivity index is 1.62. The number of amides is 2. The number of carbonyl (C=O) groups is 3. The van der Waals surface area contributed by atoms with Crippen molar-refractivity contribution in [3.05, 3.63) is 60.2 Å². The Kier molecular flexibility index (Phi) is 6.51. The molecule has 8 nitrogen and oxygen atoms in total. The molecule has 4 aliphatic heterocycles. The van der Waals surface area contributed by atoms with Gasteiger partial charge in [0.1, 0.15) is 24.2 Å². The number of rotatable bonds is 7. The smallest absolute Gasteiger partial charge is 0.313 e. The third-order valence-electron chi connectivity index (χ3n) is 8.03. The fraction of sp³-hybridized carbons (Fsp3) is 0.536. The molecule has 2 amide bonds. The van der Waals surface area contributed by atoms with Gasteiger partial charge in [-0.2, -0.15) is 0 Å². The lowest BCUT2D eigenvalue weighted by Gasteiger charge is -2.40. The molecule has 8 heteroatoms. The lowest BCUT2D eigenvalue weighted by molar-refractivity contribution is -0.159. The number of cyclic esters (lactones) is 1. The van der Waals surface area contributed by atoms with E-state index < -0.39 is 41.1 Å². The standard InChI is InChI=1S/C28H34N2O6/c1-3-4-14-29-15-8-13-28-21(22-26(34)35-16-9-12-27(22,2)36-28)24(32)30(23(28)25(29)33)20(18-31)17-19-10-6-5-7-11-19/h5-13,20-23,31H,3-4,14-18H2,1-2H3/t20-,21+,22+,23?,27-,28+/m1/s1. The van der Waals surface area contributed by atoms with Crippen LogP contribution >= 0.6 is 0 Å². The van der Waals surface area contributed by atoms with Crippen LogP contribution in [0.5, 0.6) is 0 Å². The predicted octanol–water partition coefficient (Wildman–Crippen LogP) is 1.87. The van der Waals surface area contributed by atoms with Gasteiger partial charge in [0.25, 0.3) is 0 Å². The molecular formula is C28H34N2O6. The first-order valence-corrected chi connectivity index (χ1v) is 12.8. The molecule has 6 atom stereocenters. The first kappa shape index (κ1) is 24.7. The molecule has 5 rings (SSSR count). The molecule has 4 aliphatic rings. The molecule has 1 spiro atoms. The first-order chi connectivity index (χ1) is 17.4. The minimum Gasteiger partial charge on any atom is -0.461 e. The number of benzene rings is 1. The zero-order valence-electron chi connectivity index (χ0n) is 20.8. The summed E-state index contributed by atoms with van der Waals surface area (Å²) in [6, 6.07) is 7.94. The zero-order chi connectivity index (χ0) is 25.5. The highest BCUT2D eigenvalue weighted by molar-refractivity contribution is 5.99. The minimum absolute atomic E-state index is 0.113. The minimum atomic E-state index is -1.33. The van der Waals surface area contributed by atoms with E-state index in [4.69, 9.17) is 9.47 Å². The number of hydrogen-bond donors (Lipinski definition) is 1. The van der Waals surface area contributed by atoms with Gasteiger partial charge in [0.05, 0.1) is 24.2 Å². The van der Waals surface area contributed by atoms with Gasteiger partial charge in [-0.1, -0.05) is 61.9 Å². The van der Waals surface area contributed by atoms with Crippen LogP contribution in [-0.4, -0.2) is 82.3 Å². The first-order valence-electron chi connectivity index (χ1n) is 12.8. The summed E-state index contributed by atoms with van der Waals surface area (Å²) in [5, 5.41) is 10.5. The Bertz CT molecular complexity index is 1090. The third-order valence-corrected chi connectivity index (χ3v) is 8.03. The molecule has 0 saturated carbocycles. The fourth-order valence-electron chi connectivity index (χ4n) is 6.42. The maximum atomic E-state index is 14.3. The van der Waals surface area contributed by atoms with Crippen LogP contribution in [0.15, 0.2) is 54.6 Å². The summed E-state index contributed by atoms with van der Waals surface area (Å²) in [6.07, 6.45) is 9.36. The molecule has 0 bridgehead atoms. The average molecular weight is 495 g/mol. The summed E-state index contributed by atoms with van der Waals surface area (Å²) >= 11 is 0. The van der Waals surface area contributed by atoms with Gasteiger partial charge in [0.15, 0.2) is 0 Å². The van der Waals surface area contributed by atoms with E-state index in [1.54, 1.807) is 24.0 Å². The van der Waals surface area contributed by atoms with Crippen molar-refractivity contribution in [2.24, 2.45) is 11.8 Å². The molecule has 36 heavy (non-hydrogen) atoms. The second-order valence-electron chi connectivity index (χ2n) is 10.3. The molecule has 1 aromatic carbocycles. The van der Waals surface area contributed by atoms with Crippen LogP contribution in [0.4, 0.5) is 0 Å². The van der Waals surface area contributed by atoms with Crippen molar-refractivity contribution >= 4 is 17.8 Å². The van der Waals surface area contributed by atoms with Crippen molar-refractivity contribution in [3.8, 4) is 0 Å². The van der Waals surface area contributed by atoms with Gasteiger partial charge in [0, 0.05) is 13.1 Å². The molecule has 1 aromatic rings. The zero-order valence-corrected chi connectivity index (χ0v) is 20.8. The van der Waals surface area contributed by atoms with E-state index in [1.807, 2.05) is 42.5 Å². The lowest BCUT2D eigenvalue weighted by atomic mass is 9.75. The summed E-state index contributed by atoms with van der Waals surface area (Å²) in [6.45, 7) is 4.60. The van der Waals surface area contributed by atoms with Gasteiger partial charge in [0.2, 0.25) is 11.8 Å². The van der Waals surface area contributed by atoms with Crippen LogP contribution in [0.3, 0.4) is 0 Å². The Morgan fingerprint density at radius 3 is 2.58 bits per heavy atom. The average Bonchev–Trinajstić information content (AvgIpc) is 3.14. The highest BCUT2D eigenvalue weighted by Crippen LogP contribution is 2.57. The van der Waals surface area contributed by atoms with Gasteiger partial charge in [-0.3, -0.25) is 14.4 Å². The number of fused-ring (bicyclic) bond motifs is 2. The maximum absolute atomic E-state index is 14.3. The van der Waals surface area contributed by atoms with E-state index in [9.17, 15) is 19.5 Å². The summed E-state index contributed by atoms with van der Waals surface area (Å²) in [4.78, 5) is 44.9. The molecule has 0 radical (unpaired) electrons. The SMILES string of the molecule is CCCCN1CC=C[C@]23O[C@]4(C)C=CCOC(=O)[C@@H]4[C@H]2C(=O)N([C@@H](CO)Cc2ccccc2)C3C1=O. The Hall–Kier alpha value is -2.97. The summed E-state index contributed by atoms with van der Waals surface area (Å²) in [5.41, 5.74) is -1.48. The summed E-state index contributed by atoms with van der Waals surface area (Å²) in [7, 11) is 0. The molecule has 1 N–H and O–H groups in total. The van der Waals surface area contributed by atoms with Gasteiger partial charge in [-0.15, -0.1) is 0 Å². The van der Waals surface area contributed by atoms with Crippen molar-refractivity contribution in [3.63, 3.8) is 0 Å². The number of carbonyl (C=O) groups excluding carboxylic acids is 3. The third kappa shape index (κ3) is 3.78. The van der Waals surface area contributed by atoms with Crippen LogP contribution in [0.2, 0.25) is 0 Å². The fourth-order valence-corrected chi connectivity index (χ4v) is 6.42. The molecule has 0 aliphatic carbocycles. The highest BCUT2D eigenvalue weighted by atomic mass is 16.6. The van der Waals surface area contributed by atoms with Gasteiger partial charge < -0.3 is 24.4 Å². The molecule has 192 valence electrons. The summed E-state index contributed by atoms with van der Waals surface area (Å²) in [5.74, 6) is -2.90. The number of esters is 1. The normalized spacial score (nSPS) is 34.1. The number of nitrogens with zero attached hydrogens (tertiary/aromatic N) is 2. The number of unbranched alkanes of at least 4 members (excludes halogenated alkanes) is 1. The lowest BCUT2D eigenvalue weighted by Crippen LogP contribution is -2.59. The molecule has 4 heterocycles. The van der Waals surface area contributed by atoms with Crippen molar-refractivity contribution in [2.45, 2.75) is 56.4 Å². The van der Waals surface area contributed by atoms with E-state index >= 15 is 0 Å². The van der Waals surface area contributed by atoms with Gasteiger partial charge >= 0.3 is 5.97 Å². The Morgan fingerprint density at radius 1 is 1.08 bits per heavy atom. The summed E-state index contributed by atoms with van der Waals surface area (Å²) < 4.78 is 12.1. The van der Waals surface area contributed by atoms with Crippen molar-refractivity contribution < 1.29 is 29.0 Å². The number of likely N-dealkylation sites (tertiary alicyclic amines) is 1. The molecular weight excluding hydrogens is 460 g/mol. The molecule has 2 fully saturated rings. The second kappa shape index (κ2) is 9.48. The topological polar surface area (TPSA) is 96.4 Å². The molecule has 0 aromatic heterocycles. The van der Waals surface area contributed by atoms with E-state index in [0.29, 0.717) is 19.5 Å². The molecule has 1 unspecified atom stereocenters. The van der Waals surface area contributed by atoms with Crippen LogP contribution in [0.25, 0.3) is 0 Å². The predicted molar refractivity (Wildman–Crippen MR) is 132 cm³/mol.